The molecule has 8 heteroatoms. The highest BCUT2D eigenvalue weighted by molar-refractivity contribution is 5.81. The maximum atomic E-state index is 13.5. The second kappa shape index (κ2) is 13.8. The molecule has 0 radical (unpaired) electrons. The van der Waals surface area contributed by atoms with Crippen LogP contribution in [0.2, 0.25) is 0 Å². The van der Waals surface area contributed by atoms with Crippen LogP contribution < -0.4 is 20.3 Å². The van der Waals surface area contributed by atoms with E-state index in [0.717, 1.165) is 48.6 Å². The van der Waals surface area contributed by atoms with E-state index in [4.69, 9.17) is 9.47 Å². The molecular weight excluding hydrogens is 485 g/mol. The first-order chi connectivity index (χ1) is 18.6. The Morgan fingerprint density at radius 1 is 1.13 bits per heavy atom. The minimum absolute atomic E-state index is 0.189. The van der Waals surface area contributed by atoms with Crippen molar-refractivity contribution in [2.24, 2.45) is 0 Å². The molecule has 1 aliphatic heterocycles. The predicted molar refractivity (Wildman–Crippen MR) is 147 cm³/mol. The monoisotopic (exact) mass is 521 g/mol. The number of carbonyl (C=O) groups is 1. The minimum Gasteiger partial charge on any atom is -0.489 e. The fourth-order valence-corrected chi connectivity index (χ4v) is 4.57. The Labute approximate surface area is 223 Å². The van der Waals surface area contributed by atoms with Crippen molar-refractivity contribution in [2.45, 2.75) is 31.9 Å². The molecule has 0 bridgehead atoms. The number of rotatable bonds is 13. The van der Waals surface area contributed by atoms with Gasteiger partial charge in [-0.2, -0.15) is 0 Å². The number of anilines is 2. The number of carbonyl (C=O) groups excluding carboxylic acids is 1. The van der Waals surface area contributed by atoms with Gasteiger partial charge in [0.1, 0.15) is 24.3 Å². The lowest BCUT2D eigenvalue weighted by Gasteiger charge is -2.31. The maximum Gasteiger partial charge on any atom is 0.250 e. The summed E-state index contributed by atoms with van der Waals surface area (Å²) in [7, 11) is 0. The number of aliphatic hydroxyl groups excluding tert-OH is 1. The lowest BCUT2D eigenvalue weighted by molar-refractivity contribution is -0.133. The van der Waals surface area contributed by atoms with E-state index in [9.17, 15) is 14.3 Å². The summed E-state index contributed by atoms with van der Waals surface area (Å²) in [6.45, 7) is 5.06. The third-order valence-electron chi connectivity index (χ3n) is 6.55. The lowest BCUT2D eigenvalue weighted by Crippen LogP contribution is -2.41. The first-order valence-corrected chi connectivity index (χ1v) is 13.1. The van der Waals surface area contributed by atoms with Crippen molar-refractivity contribution in [3.8, 4) is 5.75 Å². The van der Waals surface area contributed by atoms with E-state index in [1.165, 1.54) is 12.1 Å². The Hall–Kier alpha value is -3.62. The maximum absolute atomic E-state index is 13.5. The fourth-order valence-electron chi connectivity index (χ4n) is 4.57. The van der Waals surface area contributed by atoms with Gasteiger partial charge < -0.3 is 30.1 Å². The van der Waals surface area contributed by atoms with Crippen molar-refractivity contribution in [1.82, 2.24) is 5.32 Å². The zero-order valence-electron chi connectivity index (χ0n) is 21.7. The molecule has 0 saturated heterocycles. The van der Waals surface area contributed by atoms with E-state index in [2.05, 4.69) is 15.5 Å². The number of hydrogen-bond donors (Lipinski definition) is 3. The second-order valence-corrected chi connectivity index (χ2v) is 9.23. The van der Waals surface area contributed by atoms with E-state index in [1.807, 2.05) is 61.5 Å². The van der Waals surface area contributed by atoms with Crippen LogP contribution in [0, 0.1) is 5.82 Å². The number of benzene rings is 3. The molecule has 3 N–H and O–H groups in total. The molecule has 0 aliphatic carbocycles. The Morgan fingerprint density at radius 3 is 2.66 bits per heavy atom. The van der Waals surface area contributed by atoms with E-state index in [0.29, 0.717) is 25.4 Å². The van der Waals surface area contributed by atoms with Gasteiger partial charge in [-0.05, 0) is 48.7 Å². The summed E-state index contributed by atoms with van der Waals surface area (Å²) < 4.78 is 24.8. The SMILES string of the molecule is CCO[C@@H](Cc1ccc(NCCCN2CCOc3cc(F)ccc32)cc1)C(=O)N[C@@H](CO)c1ccccc1. The number of nitrogens with one attached hydrogen (secondary N) is 2. The molecule has 3 aromatic rings. The van der Waals surface area contributed by atoms with Gasteiger partial charge in [-0.1, -0.05) is 42.5 Å². The van der Waals surface area contributed by atoms with E-state index in [-0.39, 0.29) is 18.3 Å². The molecule has 1 amide bonds. The quantitative estimate of drug-likeness (QED) is 0.291. The van der Waals surface area contributed by atoms with Gasteiger partial charge in [-0.3, -0.25) is 4.79 Å². The molecule has 0 saturated carbocycles. The number of nitrogens with zero attached hydrogens (tertiary/aromatic N) is 1. The molecule has 0 spiro atoms. The van der Waals surface area contributed by atoms with Crippen LogP contribution in [0.3, 0.4) is 0 Å². The highest BCUT2D eigenvalue weighted by Crippen LogP contribution is 2.32. The number of fused-ring (bicyclic) bond motifs is 1. The van der Waals surface area contributed by atoms with Gasteiger partial charge in [0.05, 0.1) is 24.9 Å². The molecule has 2 atom stereocenters. The number of amides is 1. The molecule has 3 aromatic carbocycles. The first-order valence-electron chi connectivity index (χ1n) is 13.1. The minimum atomic E-state index is -0.651. The number of aliphatic hydroxyl groups is 1. The molecule has 4 rings (SSSR count). The van der Waals surface area contributed by atoms with Gasteiger partial charge in [0, 0.05) is 37.9 Å². The average Bonchev–Trinajstić information content (AvgIpc) is 2.94. The molecule has 1 heterocycles. The van der Waals surface area contributed by atoms with Crippen molar-refractivity contribution >= 4 is 17.3 Å². The zero-order valence-corrected chi connectivity index (χ0v) is 21.7. The molecule has 38 heavy (non-hydrogen) atoms. The summed E-state index contributed by atoms with van der Waals surface area (Å²) in [4.78, 5) is 15.2. The van der Waals surface area contributed by atoms with Gasteiger partial charge >= 0.3 is 0 Å². The molecule has 7 nitrogen and oxygen atoms in total. The van der Waals surface area contributed by atoms with E-state index >= 15 is 0 Å². The number of hydrogen-bond acceptors (Lipinski definition) is 6. The molecule has 0 unspecified atom stereocenters. The molecule has 202 valence electrons. The molecule has 0 aromatic heterocycles. The van der Waals surface area contributed by atoms with Crippen LogP contribution in [-0.4, -0.2) is 56.6 Å². The Bertz CT molecular complexity index is 1160. The van der Waals surface area contributed by atoms with Crippen LogP contribution in [0.25, 0.3) is 0 Å². The van der Waals surface area contributed by atoms with E-state index in [1.54, 1.807) is 6.07 Å². The van der Waals surface area contributed by atoms with Crippen molar-refractivity contribution in [3.63, 3.8) is 0 Å². The molecule has 0 fully saturated rings. The fraction of sp³-hybridized carbons (Fsp3) is 0.367. The third-order valence-corrected chi connectivity index (χ3v) is 6.55. The van der Waals surface area contributed by atoms with Gasteiger partial charge in [0.25, 0.3) is 0 Å². The van der Waals surface area contributed by atoms with Crippen LogP contribution in [0.1, 0.15) is 30.5 Å². The summed E-state index contributed by atoms with van der Waals surface area (Å²) in [5.41, 5.74) is 3.77. The lowest BCUT2D eigenvalue weighted by atomic mass is 10.0. The van der Waals surface area contributed by atoms with Crippen molar-refractivity contribution in [1.29, 1.82) is 0 Å². The van der Waals surface area contributed by atoms with Crippen LogP contribution >= 0.6 is 0 Å². The largest absolute Gasteiger partial charge is 0.489 e. The third kappa shape index (κ3) is 7.46. The summed E-state index contributed by atoms with van der Waals surface area (Å²) >= 11 is 0. The Balaban J connectivity index is 1.25. The van der Waals surface area contributed by atoms with Crippen molar-refractivity contribution in [2.75, 3.05) is 49.7 Å². The van der Waals surface area contributed by atoms with Crippen LogP contribution in [0.4, 0.5) is 15.8 Å². The van der Waals surface area contributed by atoms with Gasteiger partial charge in [-0.25, -0.2) is 4.39 Å². The number of ether oxygens (including phenoxy) is 2. The van der Waals surface area contributed by atoms with Crippen LogP contribution in [0.15, 0.2) is 72.8 Å². The van der Waals surface area contributed by atoms with Crippen LogP contribution in [-0.2, 0) is 16.0 Å². The summed E-state index contributed by atoms with van der Waals surface area (Å²) in [6.07, 6.45) is 0.698. The second-order valence-electron chi connectivity index (χ2n) is 9.23. The summed E-state index contributed by atoms with van der Waals surface area (Å²) in [6, 6.07) is 21.6. The Morgan fingerprint density at radius 2 is 1.92 bits per heavy atom. The average molecular weight is 522 g/mol. The first kappa shape index (κ1) is 27.4. The zero-order chi connectivity index (χ0) is 26.7. The highest BCUT2D eigenvalue weighted by Gasteiger charge is 2.23. The summed E-state index contributed by atoms with van der Waals surface area (Å²) in [5, 5.41) is 16.1. The normalized spacial score (nSPS) is 14.2. The standard InChI is InChI=1S/C30H36FN3O4/c1-2-37-29(30(36)33-26(21-35)23-7-4-3-5-8-23)19-22-9-12-25(13-10-22)32-15-6-16-34-17-18-38-28-20-24(31)11-14-27(28)34/h3-5,7-14,20,26,29,32,35H,2,6,15-19,21H2,1H3,(H,33,36)/t26-,29-/m0/s1. The highest BCUT2D eigenvalue weighted by atomic mass is 19.1. The van der Waals surface area contributed by atoms with Crippen LogP contribution in [0.5, 0.6) is 5.75 Å². The smallest absolute Gasteiger partial charge is 0.250 e. The number of halogens is 1. The molecular formula is C30H36FN3O4. The van der Waals surface area contributed by atoms with E-state index < -0.39 is 12.1 Å². The summed E-state index contributed by atoms with van der Waals surface area (Å²) in [5.74, 6) is 0.0700. The Kier molecular flexibility index (Phi) is 9.95. The van der Waals surface area contributed by atoms with Gasteiger partial charge in [-0.15, -0.1) is 0 Å². The van der Waals surface area contributed by atoms with Crippen molar-refractivity contribution in [3.05, 3.63) is 89.7 Å². The van der Waals surface area contributed by atoms with Gasteiger partial charge in [0.2, 0.25) is 5.91 Å². The topological polar surface area (TPSA) is 83.1 Å². The van der Waals surface area contributed by atoms with Gasteiger partial charge in [0.15, 0.2) is 0 Å². The van der Waals surface area contributed by atoms with Crippen molar-refractivity contribution < 1.29 is 23.8 Å². The predicted octanol–water partition coefficient (Wildman–Crippen LogP) is 4.32. The molecule has 1 aliphatic rings.